The van der Waals surface area contributed by atoms with Gasteiger partial charge < -0.3 is 19.1 Å². The largest absolute Gasteiger partial charge is 0.481 e. The number of aromatic nitrogens is 2. The number of carbonyl (C=O) groups excluding carboxylic acids is 1. The van der Waals surface area contributed by atoms with Crippen LogP contribution in [0.2, 0.25) is 0 Å². The summed E-state index contributed by atoms with van der Waals surface area (Å²) in [6, 6.07) is 1.58. The Kier molecular flexibility index (Phi) is 5.84. The maximum Gasteiger partial charge on any atom is 0.325 e. The zero-order valence-corrected chi connectivity index (χ0v) is 11.7. The Bertz CT molecular complexity index is 403. The van der Waals surface area contributed by atoms with Gasteiger partial charge in [0.15, 0.2) is 0 Å². The lowest BCUT2D eigenvalue weighted by Crippen LogP contribution is -2.32. The molecule has 0 spiro atoms. The van der Waals surface area contributed by atoms with Crippen molar-refractivity contribution < 1.29 is 19.0 Å². The highest BCUT2D eigenvalue weighted by Crippen LogP contribution is 2.20. The second-order valence-corrected chi connectivity index (χ2v) is 3.75. The first-order chi connectivity index (χ1) is 9.14. The van der Waals surface area contributed by atoms with E-state index in [0.717, 1.165) is 6.42 Å². The summed E-state index contributed by atoms with van der Waals surface area (Å²) in [5.41, 5.74) is 0. The molecule has 0 aliphatic carbocycles. The zero-order chi connectivity index (χ0) is 14.3. The van der Waals surface area contributed by atoms with Gasteiger partial charge in [-0.15, -0.1) is 0 Å². The minimum atomic E-state index is -0.348. The van der Waals surface area contributed by atoms with Gasteiger partial charge in [-0.25, -0.2) is 0 Å². The number of rotatable bonds is 7. The van der Waals surface area contributed by atoms with Crippen molar-refractivity contribution in [2.45, 2.75) is 13.3 Å². The Labute approximate surface area is 112 Å². The molecule has 7 nitrogen and oxygen atoms in total. The van der Waals surface area contributed by atoms with Crippen molar-refractivity contribution in [3.8, 4) is 11.8 Å². The van der Waals surface area contributed by atoms with E-state index < -0.39 is 0 Å². The maximum atomic E-state index is 11.4. The van der Waals surface area contributed by atoms with Gasteiger partial charge in [0.1, 0.15) is 6.54 Å². The molecule has 1 aromatic rings. The third-order valence-corrected chi connectivity index (χ3v) is 2.41. The molecule has 0 saturated carbocycles. The van der Waals surface area contributed by atoms with Gasteiger partial charge in [0.25, 0.3) is 0 Å². The van der Waals surface area contributed by atoms with Crippen molar-refractivity contribution in [1.29, 1.82) is 0 Å². The number of esters is 1. The van der Waals surface area contributed by atoms with Gasteiger partial charge in [0, 0.05) is 6.54 Å². The Hall–Kier alpha value is -2.05. The lowest BCUT2D eigenvalue weighted by molar-refractivity contribution is -0.139. The number of hydrogen-bond donors (Lipinski definition) is 0. The van der Waals surface area contributed by atoms with E-state index in [1.165, 1.54) is 21.3 Å². The molecule has 0 aromatic carbocycles. The quantitative estimate of drug-likeness (QED) is 0.680. The van der Waals surface area contributed by atoms with Gasteiger partial charge in [-0.05, 0) is 6.42 Å². The van der Waals surface area contributed by atoms with Crippen LogP contribution < -0.4 is 14.4 Å². The van der Waals surface area contributed by atoms with Gasteiger partial charge in [-0.1, -0.05) is 6.92 Å². The van der Waals surface area contributed by atoms with E-state index in [2.05, 4.69) is 14.7 Å². The van der Waals surface area contributed by atoms with E-state index in [1.54, 1.807) is 11.0 Å². The Morgan fingerprint density at radius 3 is 2.21 bits per heavy atom. The molecule has 7 heteroatoms. The lowest BCUT2D eigenvalue weighted by Gasteiger charge is -2.21. The van der Waals surface area contributed by atoms with E-state index in [1.807, 2.05) is 6.92 Å². The molecular formula is C12H19N3O4. The molecule has 0 bridgehead atoms. The SMILES string of the molecule is CCCN(CC(=O)OC)c1nc(OC)cc(OC)n1. The highest BCUT2D eigenvalue weighted by atomic mass is 16.5. The third-order valence-electron chi connectivity index (χ3n) is 2.41. The average Bonchev–Trinajstić information content (AvgIpc) is 2.45. The standard InChI is InChI=1S/C12H19N3O4/c1-5-6-15(8-11(16)19-4)12-13-9(17-2)7-10(14-12)18-3/h7H,5-6,8H2,1-4H3. The molecule has 0 radical (unpaired) electrons. The monoisotopic (exact) mass is 269 g/mol. The molecule has 19 heavy (non-hydrogen) atoms. The number of carbonyl (C=O) groups is 1. The molecule has 1 heterocycles. The normalized spacial score (nSPS) is 9.89. The number of nitrogens with zero attached hydrogens (tertiary/aromatic N) is 3. The molecule has 1 rings (SSSR count). The third kappa shape index (κ3) is 4.27. The van der Waals surface area contributed by atoms with Crippen LogP contribution in [0.15, 0.2) is 6.07 Å². The first kappa shape index (κ1) is 15.0. The average molecular weight is 269 g/mol. The van der Waals surface area contributed by atoms with E-state index in [0.29, 0.717) is 24.3 Å². The minimum Gasteiger partial charge on any atom is -0.481 e. The molecule has 1 aromatic heterocycles. The summed E-state index contributed by atoms with van der Waals surface area (Å²) < 4.78 is 14.8. The summed E-state index contributed by atoms with van der Waals surface area (Å²) in [5.74, 6) is 0.794. The summed E-state index contributed by atoms with van der Waals surface area (Å²) in [6.07, 6.45) is 0.847. The molecule has 0 aliphatic heterocycles. The van der Waals surface area contributed by atoms with Gasteiger partial charge in [0.05, 0.1) is 27.4 Å². The molecule has 0 unspecified atom stereocenters. The van der Waals surface area contributed by atoms with Crippen LogP contribution >= 0.6 is 0 Å². The van der Waals surface area contributed by atoms with E-state index in [-0.39, 0.29) is 12.5 Å². The van der Waals surface area contributed by atoms with Crippen molar-refractivity contribution in [2.75, 3.05) is 39.3 Å². The lowest BCUT2D eigenvalue weighted by atomic mass is 10.4. The first-order valence-corrected chi connectivity index (χ1v) is 5.93. The molecular weight excluding hydrogens is 250 g/mol. The van der Waals surface area contributed by atoms with Crippen LogP contribution in [0.1, 0.15) is 13.3 Å². The topological polar surface area (TPSA) is 73.8 Å². The van der Waals surface area contributed by atoms with Crippen molar-refractivity contribution in [2.24, 2.45) is 0 Å². The molecule has 0 fully saturated rings. The minimum absolute atomic E-state index is 0.0840. The number of hydrogen-bond acceptors (Lipinski definition) is 7. The molecule has 0 saturated heterocycles. The second-order valence-electron chi connectivity index (χ2n) is 3.75. The van der Waals surface area contributed by atoms with Gasteiger partial charge in [-0.3, -0.25) is 4.79 Å². The molecule has 0 N–H and O–H groups in total. The zero-order valence-electron chi connectivity index (χ0n) is 11.7. The van der Waals surface area contributed by atoms with Crippen LogP contribution in [-0.4, -0.2) is 50.4 Å². The van der Waals surface area contributed by atoms with Gasteiger partial charge in [0.2, 0.25) is 17.7 Å². The fourth-order valence-corrected chi connectivity index (χ4v) is 1.48. The predicted octanol–water partition coefficient (Wildman–Crippen LogP) is 0.883. The van der Waals surface area contributed by atoms with E-state index in [4.69, 9.17) is 9.47 Å². The van der Waals surface area contributed by atoms with Crippen molar-refractivity contribution >= 4 is 11.9 Å². The fraction of sp³-hybridized carbons (Fsp3) is 0.583. The number of methoxy groups -OCH3 is 3. The molecule has 106 valence electrons. The Morgan fingerprint density at radius 1 is 1.21 bits per heavy atom. The van der Waals surface area contributed by atoms with Crippen LogP contribution in [0.3, 0.4) is 0 Å². The van der Waals surface area contributed by atoms with Crippen molar-refractivity contribution in [3.63, 3.8) is 0 Å². The Morgan fingerprint density at radius 2 is 1.79 bits per heavy atom. The van der Waals surface area contributed by atoms with Gasteiger partial charge >= 0.3 is 5.97 Å². The molecule has 0 aliphatic rings. The van der Waals surface area contributed by atoms with Crippen LogP contribution in [-0.2, 0) is 9.53 Å². The summed E-state index contributed by atoms with van der Waals surface area (Å²) in [7, 11) is 4.37. The summed E-state index contributed by atoms with van der Waals surface area (Å²) >= 11 is 0. The van der Waals surface area contributed by atoms with Crippen molar-refractivity contribution in [1.82, 2.24) is 9.97 Å². The van der Waals surface area contributed by atoms with Crippen LogP contribution in [0.4, 0.5) is 5.95 Å². The van der Waals surface area contributed by atoms with Gasteiger partial charge in [-0.2, -0.15) is 9.97 Å². The van der Waals surface area contributed by atoms with E-state index >= 15 is 0 Å². The van der Waals surface area contributed by atoms with Crippen LogP contribution in [0.25, 0.3) is 0 Å². The second kappa shape index (κ2) is 7.40. The molecule has 0 atom stereocenters. The number of anilines is 1. The summed E-state index contributed by atoms with van der Waals surface area (Å²) in [4.78, 5) is 21.5. The fourth-order valence-electron chi connectivity index (χ4n) is 1.48. The highest BCUT2D eigenvalue weighted by molar-refractivity contribution is 5.74. The highest BCUT2D eigenvalue weighted by Gasteiger charge is 2.16. The number of ether oxygens (including phenoxy) is 3. The Balaban J connectivity index is 3.02. The first-order valence-electron chi connectivity index (χ1n) is 5.93. The molecule has 0 amide bonds. The maximum absolute atomic E-state index is 11.4. The van der Waals surface area contributed by atoms with Crippen LogP contribution in [0, 0.1) is 0 Å². The summed E-state index contributed by atoms with van der Waals surface area (Å²) in [6.45, 7) is 2.72. The van der Waals surface area contributed by atoms with Crippen LogP contribution in [0.5, 0.6) is 11.8 Å². The van der Waals surface area contributed by atoms with E-state index in [9.17, 15) is 4.79 Å². The summed E-state index contributed by atoms with van der Waals surface area (Å²) in [5, 5.41) is 0. The smallest absolute Gasteiger partial charge is 0.325 e. The predicted molar refractivity (Wildman–Crippen MR) is 69.7 cm³/mol. The van der Waals surface area contributed by atoms with Crippen molar-refractivity contribution in [3.05, 3.63) is 6.07 Å².